The Labute approximate surface area is 180 Å². The Bertz CT molecular complexity index is 1020. The molecule has 1 amide bonds. The number of carbonyl (C=O) groups excluding carboxylic acids is 2. The van der Waals surface area contributed by atoms with Gasteiger partial charge in [-0.05, 0) is 48.0 Å². The van der Waals surface area contributed by atoms with Gasteiger partial charge in [0.1, 0.15) is 12.4 Å². The van der Waals surface area contributed by atoms with Crippen LogP contribution in [0.2, 0.25) is 0 Å². The van der Waals surface area contributed by atoms with E-state index in [1.54, 1.807) is 30.3 Å². The molecule has 0 aliphatic heterocycles. The van der Waals surface area contributed by atoms with Crippen LogP contribution < -0.4 is 19.5 Å². The average Bonchev–Trinajstić information content (AvgIpc) is 2.82. The van der Waals surface area contributed by atoms with Gasteiger partial charge in [0.2, 0.25) is 0 Å². The smallest absolute Gasteiger partial charge is 0.337 e. The molecule has 0 fully saturated rings. The number of hydrogen-bond donors (Lipinski definition) is 1. The molecule has 0 aliphatic carbocycles. The Hall–Kier alpha value is -4.00. The number of benzene rings is 3. The summed E-state index contributed by atoms with van der Waals surface area (Å²) in [5.74, 6) is 0.551. The molecule has 160 valence electrons. The predicted octanol–water partition coefficient (Wildman–Crippen LogP) is 4.08. The lowest BCUT2D eigenvalue weighted by Gasteiger charge is -2.12. The topological polar surface area (TPSA) is 83.1 Å². The Balaban J connectivity index is 1.51. The summed E-state index contributed by atoms with van der Waals surface area (Å²) in [6.07, 6.45) is 0. The standard InChI is InChI=1S/C24H23NO6/c1-28-22-14-18(24(27)29-2)8-13-21(22)31-16-23(26)25-19-9-11-20(12-10-19)30-15-17-6-4-3-5-7-17/h3-14H,15-16H2,1-2H3,(H,25,26). The zero-order valence-corrected chi connectivity index (χ0v) is 17.3. The lowest BCUT2D eigenvalue weighted by Crippen LogP contribution is -2.20. The van der Waals surface area contributed by atoms with E-state index < -0.39 is 5.97 Å². The number of nitrogens with one attached hydrogen (secondary N) is 1. The summed E-state index contributed by atoms with van der Waals surface area (Å²) < 4.78 is 21.2. The van der Waals surface area contributed by atoms with E-state index in [0.29, 0.717) is 35.1 Å². The molecule has 0 bridgehead atoms. The third-order valence-electron chi connectivity index (χ3n) is 4.33. The van der Waals surface area contributed by atoms with Gasteiger partial charge in [-0.3, -0.25) is 4.79 Å². The average molecular weight is 421 g/mol. The Morgan fingerprint density at radius 3 is 2.26 bits per heavy atom. The summed E-state index contributed by atoms with van der Waals surface area (Å²) in [6, 6.07) is 21.5. The summed E-state index contributed by atoms with van der Waals surface area (Å²) >= 11 is 0. The highest BCUT2D eigenvalue weighted by atomic mass is 16.5. The maximum atomic E-state index is 12.2. The van der Waals surface area contributed by atoms with Crippen molar-refractivity contribution in [1.82, 2.24) is 0 Å². The van der Waals surface area contributed by atoms with Gasteiger partial charge in [0.25, 0.3) is 5.91 Å². The Morgan fingerprint density at radius 2 is 1.58 bits per heavy atom. The Morgan fingerprint density at radius 1 is 0.839 bits per heavy atom. The van der Waals surface area contributed by atoms with Crippen LogP contribution in [-0.4, -0.2) is 32.7 Å². The van der Waals surface area contributed by atoms with Crippen LogP contribution in [0.1, 0.15) is 15.9 Å². The minimum atomic E-state index is -0.487. The fourth-order valence-corrected chi connectivity index (χ4v) is 2.75. The quantitative estimate of drug-likeness (QED) is 0.524. The molecule has 0 unspecified atom stereocenters. The third kappa shape index (κ3) is 6.24. The summed E-state index contributed by atoms with van der Waals surface area (Å²) in [5, 5.41) is 2.75. The highest BCUT2D eigenvalue weighted by Crippen LogP contribution is 2.28. The van der Waals surface area contributed by atoms with E-state index in [2.05, 4.69) is 10.1 Å². The number of ether oxygens (including phenoxy) is 4. The molecule has 1 N–H and O–H groups in total. The Kier molecular flexibility index (Phi) is 7.48. The number of carbonyl (C=O) groups is 2. The van der Waals surface area contributed by atoms with E-state index in [-0.39, 0.29) is 12.5 Å². The van der Waals surface area contributed by atoms with Crippen LogP contribution in [0.15, 0.2) is 72.8 Å². The fraction of sp³-hybridized carbons (Fsp3) is 0.167. The number of anilines is 1. The molecular weight excluding hydrogens is 398 g/mol. The molecule has 0 saturated carbocycles. The number of methoxy groups -OCH3 is 2. The number of amides is 1. The molecule has 0 radical (unpaired) electrons. The van der Waals surface area contributed by atoms with Crippen molar-refractivity contribution in [3.63, 3.8) is 0 Å². The normalized spacial score (nSPS) is 10.1. The molecule has 0 atom stereocenters. The zero-order valence-electron chi connectivity index (χ0n) is 17.3. The summed E-state index contributed by atoms with van der Waals surface area (Å²) in [4.78, 5) is 23.8. The molecule has 3 aromatic carbocycles. The van der Waals surface area contributed by atoms with Crippen LogP contribution in [0.3, 0.4) is 0 Å². The first kappa shape index (κ1) is 21.7. The number of esters is 1. The SMILES string of the molecule is COC(=O)c1ccc(OCC(=O)Nc2ccc(OCc3ccccc3)cc2)c(OC)c1. The van der Waals surface area contributed by atoms with Crippen molar-refractivity contribution in [2.24, 2.45) is 0 Å². The van der Waals surface area contributed by atoms with Crippen LogP contribution in [0.25, 0.3) is 0 Å². The van der Waals surface area contributed by atoms with Crippen molar-refractivity contribution in [2.75, 3.05) is 26.1 Å². The molecule has 0 aromatic heterocycles. The molecule has 3 rings (SSSR count). The fourth-order valence-electron chi connectivity index (χ4n) is 2.75. The lowest BCUT2D eigenvalue weighted by atomic mass is 10.2. The monoisotopic (exact) mass is 421 g/mol. The second-order valence-corrected chi connectivity index (χ2v) is 6.49. The summed E-state index contributed by atoms with van der Waals surface area (Å²) in [5.41, 5.74) is 2.02. The molecule has 0 aliphatic rings. The molecule has 3 aromatic rings. The van der Waals surface area contributed by atoms with E-state index in [1.807, 2.05) is 30.3 Å². The van der Waals surface area contributed by atoms with Crippen LogP contribution in [-0.2, 0) is 16.1 Å². The van der Waals surface area contributed by atoms with Gasteiger partial charge in [-0.15, -0.1) is 0 Å². The van der Waals surface area contributed by atoms with E-state index in [4.69, 9.17) is 14.2 Å². The third-order valence-corrected chi connectivity index (χ3v) is 4.33. The van der Waals surface area contributed by atoms with Crippen LogP contribution in [0, 0.1) is 0 Å². The highest BCUT2D eigenvalue weighted by Gasteiger charge is 2.13. The first-order valence-electron chi connectivity index (χ1n) is 9.55. The highest BCUT2D eigenvalue weighted by molar-refractivity contribution is 5.92. The van der Waals surface area contributed by atoms with Crippen LogP contribution in [0.4, 0.5) is 5.69 Å². The van der Waals surface area contributed by atoms with Crippen molar-refractivity contribution in [2.45, 2.75) is 6.61 Å². The summed E-state index contributed by atoms with van der Waals surface area (Å²) in [6.45, 7) is 0.247. The van der Waals surface area contributed by atoms with Gasteiger partial charge in [0, 0.05) is 5.69 Å². The largest absolute Gasteiger partial charge is 0.493 e. The van der Waals surface area contributed by atoms with Gasteiger partial charge in [0.05, 0.1) is 19.8 Å². The van der Waals surface area contributed by atoms with Crippen LogP contribution >= 0.6 is 0 Å². The maximum Gasteiger partial charge on any atom is 0.337 e. The van der Waals surface area contributed by atoms with Gasteiger partial charge in [0.15, 0.2) is 18.1 Å². The second-order valence-electron chi connectivity index (χ2n) is 6.49. The van der Waals surface area contributed by atoms with Crippen molar-refractivity contribution in [3.8, 4) is 17.2 Å². The summed E-state index contributed by atoms with van der Waals surface area (Å²) in [7, 11) is 2.75. The van der Waals surface area contributed by atoms with Gasteiger partial charge >= 0.3 is 5.97 Å². The van der Waals surface area contributed by atoms with Gasteiger partial charge < -0.3 is 24.3 Å². The second kappa shape index (κ2) is 10.7. The first-order valence-corrected chi connectivity index (χ1v) is 9.55. The minimum absolute atomic E-state index is 0.222. The van der Waals surface area contributed by atoms with Crippen molar-refractivity contribution in [3.05, 3.63) is 83.9 Å². The van der Waals surface area contributed by atoms with Crippen molar-refractivity contribution >= 4 is 17.6 Å². The van der Waals surface area contributed by atoms with Crippen molar-refractivity contribution < 1.29 is 28.5 Å². The lowest BCUT2D eigenvalue weighted by molar-refractivity contribution is -0.118. The number of rotatable bonds is 9. The maximum absolute atomic E-state index is 12.2. The van der Waals surface area contributed by atoms with Gasteiger partial charge in [-0.2, -0.15) is 0 Å². The molecular formula is C24H23NO6. The van der Waals surface area contributed by atoms with E-state index in [9.17, 15) is 9.59 Å². The molecule has 0 spiro atoms. The molecule has 7 nitrogen and oxygen atoms in total. The first-order chi connectivity index (χ1) is 15.1. The molecule has 0 heterocycles. The van der Waals surface area contributed by atoms with Crippen molar-refractivity contribution in [1.29, 1.82) is 0 Å². The van der Waals surface area contributed by atoms with E-state index in [0.717, 1.165) is 5.56 Å². The molecule has 0 saturated heterocycles. The van der Waals surface area contributed by atoms with Gasteiger partial charge in [-0.25, -0.2) is 4.79 Å². The minimum Gasteiger partial charge on any atom is -0.493 e. The molecule has 31 heavy (non-hydrogen) atoms. The van der Waals surface area contributed by atoms with Gasteiger partial charge in [-0.1, -0.05) is 30.3 Å². The zero-order chi connectivity index (χ0) is 22.1. The van der Waals surface area contributed by atoms with E-state index >= 15 is 0 Å². The molecule has 7 heteroatoms. The van der Waals surface area contributed by atoms with E-state index in [1.165, 1.54) is 26.4 Å². The predicted molar refractivity (Wildman–Crippen MR) is 116 cm³/mol. The number of hydrogen-bond acceptors (Lipinski definition) is 6. The van der Waals surface area contributed by atoms with Crippen LogP contribution in [0.5, 0.6) is 17.2 Å².